The molecule has 2 atom stereocenters. The first-order chi connectivity index (χ1) is 12.7. The molecular formula is C19H25N3O5. The van der Waals surface area contributed by atoms with Crippen LogP contribution in [-0.2, 0) is 25.5 Å². The number of nitrogens with two attached hydrogens (primary N) is 1. The molecule has 0 aromatic heterocycles. The van der Waals surface area contributed by atoms with E-state index in [-0.39, 0.29) is 24.8 Å². The maximum absolute atomic E-state index is 12.5. The highest BCUT2D eigenvalue weighted by molar-refractivity contribution is 6.01. The van der Waals surface area contributed by atoms with Crippen molar-refractivity contribution in [1.29, 1.82) is 0 Å². The fourth-order valence-electron chi connectivity index (χ4n) is 3.08. The van der Waals surface area contributed by atoms with Crippen LogP contribution >= 0.6 is 0 Å². The summed E-state index contributed by atoms with van der Waals surface area (Å²) in [5, 5.41) is 1.92. The molecule has 146 valence electrons. The molecule has 8 heteroatoms. The summed E-state index contributed by atoms with van der Waals surface area (Å²) >= 11 is 0. The van der Waals surface area contributed by atoms with Gasteiger partial charge in [-0.25, -0.2) is 4.79 Å². The van der Waals surface area contributed by atoms with Crippen LogP contribution in [0.25, 0.3) is 0 Å². The van der Waals surface area contributed by atoms with Crippen molar-refractivity contribution in [2.45, 2.75) is 39.7 Å². The SMILES string of the molecule is CCc1ccccc1N1C[C@H](C(=O)O[C@H](C(=O)NC(N)=O)C(C)C)CC1=O. The highest BCUT2D eigenvalue weighted by atomic mass is 16.5. The maximum atomic E-state index is 12.5. The molecule has 1 fully saturated rings. The number of nitrogens with one attached hydrogen (secondary N) is 1. The number of ether oxygens (including phenoxy) is 1. The second-order valence-electron chi connectivity index (χ2n) is 6.84. The normalized spacial score (nSPS) is 17.7. The molecule has 0 radical (unpaired) electrons. The molecule has 0 spiro atoms. The van der Waals surface area contributed by atoms with Crippen molar-refractivity contribution in [2.75, 3.05) is 11.4 Å². The summed E-state index contributed by atoms with van der Waals surface area (Å²) in [7, 11) is 0. The molecule has 8 nitrogen and oxygen atoms in total. The number of para-hydroxylation sites is 1. The van der Waals surface area contributed by atoms with Gasteiger partial charge in [0.25, 0.3) is 5.91 Å². The van der Waals surface area contributed by atoms with Crippen LogP contribution in [0.2, 0.25) is 0 Å². The number of urea groups is 1. The van der Waals surface area contributed by atoms with Crippen LogP contribution in [0.4, 0.5) is 10.5 Å². The smallest absolute Gasteiger partial charge is 0.318 e. The topological polar surface area (TPSA) is 119 Å². The fourth-order valence-corrected chi connectivity index (χ4v) is 3.08. The van der Waals surface area contributed by atoms with Gasteiger partial charge in [-0.2, -0.15) is 0 Å². The number of rotatable bonds is 6. The van der Waals surface area contributed by atoms with E-state index in [2.05, 4.69) is 0 Å². The third kappa shape index (κ3) is 4.84. The lowest BCUT2D eigenvalue weighted by atomic mass is 10.1. The molecule has 0 saturated carbocycles. The number of imide groups is 1. The number of nitrogens with zero attached hydrogens (tertiary/aromatic N) is 1. The van der Waals surface area contributed by atoms with E-state index in [1.165, 1.54) is 0 Å². The van der Waals surface area contributed by atoms with Crippen molar-refractivity contribution in [3.8, 4) is 0 Å². The summed E-state index contributed by atoms with van der Waals surface area (Å²) < 4.78 is 5.31. The van der Waals surface area contributed by atoms with Gasteiger partial charge < -0.3 is 15.4 Å². The van der Waals surface area contributed by atoms with Crippen LogP contribution in [0.1, 0.15) is 32.8 Å². The Morgan fingerprint density at radius 2 is 1.96 bits per heavy atom. The van der Waals surface area contributed by atoms with Gasteiger partial charge in [0.15, 0.2) is 6.10 Å². The van der Waals surface area contributed by atoms with Gasteiger partial charge in [0.2, 0.25) is 5.91 Å². The summed E-state index contributed by atoms with van der Waals surface area (Å²) in [4.78, 5) is 49.4. The maximum Gasteiger partial charge on any atom is 0.318 e. The number of esters is 1. The largest absolute Gasteiger partial charge is 0.452 e. The Labute approximate surface area is 158 Å². The lowest BCUT2D eigenvalue weighted by Gasteiger charge is -2.22. The quantitative estimate of drug-likeness (QED) is 0.728. The van der Waals surface area contributed by atoms with Crippen LogP contribution in [-0.4, -0.2) is 36.5 Å². The van der Waals surface area contributed by atoms with E-state index in [9.17, 15) is 19.2 Å². The van der Waals surface area contributed by atoms with Crippen molar-refractivity contribution in [3.63, 3.8) is 0 Å². The first kappa shape index (κ1) is 20.4. The van der Waals surface area contributed by atoms with Gasteiger partial charge in [-0.15, -0.1) is 0 Å². The molecule has 0 unspecified atom stereocenters. The number of hydrogen-bond donors (Lipinski definition) is 2. The van der Waals surface area contributed by atoms with E-state index < -0.39 is 29.9 Å². The summed E-state index contributed by atoms with van der Waals surface area (Å²) in [5.74, 6) is -2.62. The molecule has 1 saturated heterocycles. The Kier molecular flexibility index (Phi) is 6.55. The van der Waals surface area contributed by atoms with Crippen LogP contribution in [0, 0.1) is 11.8 Å². The average Bonchev–Trinajstić information content (AvgIpc) is 3.00. The number of benzene rings is 1. The summed E-state index contributed by atoms with van der Waals surface area (Å²) in [6, 6.07) is 6.52. The molecule has 4 amide bonds. The molecule has 1 aliphatic heterocycles. The highest BCUT2D eigenvalue weighted by Crippen LogP contribution is 2.29. The predicted octanol–water partition coefficient (Wildman–Crippen LogP) is 1.36. The van der Waals surface area contributed by atoms with E-state index in [4.69, 9.17) is 10.5 Å². The minimum atomic E-state index is -1.16. The molecule has 3 N–H and O–H groups in total. The Morgan fingerprint density at radius 1 is 1.30 bits per heavy atom. The lowest BCUT2D eigenvalue weighted by Crippen LogP contribution is -2.46. The number of anilines is 1. The molecule has 27 heavy (non-hydrogen) atoms. The average molecular weight is 375 g/mol. The Hall–Kier alpha value is -2.90. The van der Waals surface area contributed by atoms with E-state index in [0.29, 0.717) is 0 Å². The van der Waals surface area contributed by atoms with Crippen molar-refractivity contribution in [1.82, 2.24) is 5.32 Å². The zero-order valence-corrected chi connectivity index (χ0v) is 15.7. The van der Waals surface area contributed by atoms with Gasteiger partial charge in [0.1, 0.15) is 0 Å². The molecule has 1 aliphatic rings. The number of amides is 4. The second-order valence-corrected chi connectivity index (χ2v) is 6.84. The first-order valence-electron chi connectivity index (χ1n) is 8.93. The summed E-state index contributed by atoms with van der Waals surface area (Å²) in [6.45, 7) is 5.55. The van der Waals surface area contributed by atoms with Crippen LogP contribution in [0.5, 0.6) is 0 Å². The number of carbonyl (C=O) groups excluding carboxylic acids is 4. The van der Waals surface area contributed by atoms with Crippen molar-refractivity contribution in [2.24, 2.45) is 17.6 Å². The van der Waals surface area contributed by atoms with Crippen LogP contribution < -0.4 is 16.0 Å². The highest BCUT2D eigenvalue weighted by Gasteiger charge is 2.39. The van der Waals surface area contributed by atoms with E-state index in [1.54, 1.807) is 18.7 Å². The molecule has 1 aromatic rings. The zero-order chi connectivity index (χ0) is 20.1. The number of primary amides is 1. The molecule has 1 aromatic carbocycles. The summed E-state index contributed by atoms with van der Waals surface area (Å²) in [6.07, 6.45) is -0.381. The van der Waals surface area contributed by atoms with E-state index in [1.807, 2.05) is 36.5 Å². The standard InChI is InChI=1S/C19H25N3O5/c1-4-12-7-5-6-8-14(12)22-10-13(9-15(22)23)18(25)27-16(11(2)3)17(24)21-19(20)26/h5-8,11,13,16H,4,9-10H2,1-3H3,(H3,20,21,24,26)/t13-,16+/m1/s1. The zero-order valence-electron chi connectivity index (χ0n) is 15.7. The molecule has 0 aliphatic carbocycles. The molecule has 1 heterocycles. The Morgan fingerprint density at radius 3 is 2.56 bits per heavy atom. The molecular weight excluding hydrogens is 350 g/mol. The number of aryl methyl sites for hydroxylation is 1. The third-order valence-corrected chi connectivity index (χ3v) is 4.48. The first-order valence-corrected chi connectivity index (χ1v) is 8.93. The number of hydrogen-bond acceptors (Lipinski definition) is 5. The Bertz CT molecular complexity index is 747. The van der Waals surface area contributed by atoms with Gasteiger partial charge in [-0.3, -0.25) is 19.7 Å². The lowest BCUT2D eigenvalue weighted by molar-refractivity contribution is -0.161. The second kappa shape index (κ2) is 8.66. The minimum absolute atomic E-state index is 0.0130. The van der Waals surface area contributed by atoms with E-state index in [0.717, 1.165) is 17.7 Å². The van der Waals surface area contributed by atoms with Gasteiger partial charge >= 0.3 is 12.0 Å². The molecule has 2 rings (SSSR count). The Balaban J connectivity index is 2.10. The van der Waals surface area contributed by atoms with Gasteiger partial charge in [-0.05, 0) is 24.0 Å². The van der Waals surface area contributed by atoms with Crippen LogP contribution in [0.3, 0.4) is 0 Å². The van der Waals surface area contributed by atoms with Gasteiger partial charge in [-0.1, -0.05) is 39.0 Å². The molecule has 0 bridgehead atoms. The van der Waals surface area contributed by atoms with Gasteiger partial charge in [0, 0.05) is 18.7 Å². The van der Waals surface area contributed by atoms with Crippen molar-refractivity contribution < 1.29 is 23.9 Å². The third-order valence-electron chi connectivity index (χ3n) is 4.48. The monoisotopic (exact) mass is 375 g/mol. The number of carbonyl (C=O) groups is 4. The minimum Gasteiger partial charge on any atom is -0.452 e. The van der Waals surface area contributed by atoms with Crippen LogP contribution in [0.15, 0.2) is 24.3 Å². The van der Waals surface area contributed by atoms with E-state index >= 15 is 0 Å². The van der Waals surface area contributed by atoms with Crippen molar-refractivity contribution in [3.05, 3.63) is 29.8 Å². The van der Waals surface area contributed by atoms with Crippen molar-refractivity contribution >= 4 is 29.5 Å². The predicted molar refractivity (Wildman–Crippen MR) is 98.7 cm³/mol. The summed E-state index contributed by atoms with van der Waals surface area (Å²) in [5.41, 5.74) is 6.75. The fraction of sp³-hybridized carbons (Fsp3) is 0.474. The van der Waals surface area contributed by atoms with Gasteiger partial charge in [0.05, 0.1) is 5.92 Å².